The number of carbonyl (C=O) groups excluding carboxylic acids is 1. The molecule has 0 bridgehead atoms. The Kier molecular flexibility index (Phi) is 4.15. The van der Waals surface area contributed by atoms with Crippen LogP contribution in [0.5, 0.6) is 0 Å². The number of aromatic nitrogens is 1. The number of guanidine groups is 1. The van der Waals surface area contributed by atoms with Gasteiger partial charge >= 0.3 is 0 Å². The summed E-state index contributed by atoms with van der Waals surface area (Å²) in [4.78, 5) is 20.9. The number of nitrogens with zero attached hydrogens (tertiary/aromatic N) is 2. The van der Waals surface area contributed by atoms with Crippen molar-refractivity contribution < 1.29 is 4.79 Å². The van der Waals surface area contributed by atoms with Crippen LogP contribution in [-0.4, -0.2) is 16.9 Å². The van der Waals surface area contributed by atoms with Crippen molar-refractivity contribution in [1.82, 2.24) is 10.3 Å². The summed E-state index contributed by atoms with van der Waals surface area (Å²) >= 11 is 7.33. The van der Waals surface area contributed by atoms with Gasteiger partial charge in [-0.05, 0) is 42.2 Å². The molecule has 2 aromatic carbocycles. The first-order valence-electron chi connectivity index (χ1n) is 7.86. The molecule has 1 unspecified atom stereocenters. The Morgan fingerprint density at radius 2 is 2.00 bits per heavy atom. The molecule has 0 aliphatic heterocycles. The first-order chi connectivity index (χ1) is 12.1. The van der Waals surface area contributed by atoms with Gasteiger partial charge in [-0.15, -0.1) is 0 Å². The zero-order chi connectivity index (χ0) is 17.4. The van der Waals surface area contributed by atoms with E-state index in [4.69, 9.17) is 17.3 Å². The molecule has 1 aliphatic rings. The molecule has 3 N–H and O–H groups in total. The van der Waals surface area contributed by atoms with Crippen molar-refractivity contribution in [2.75, 3.05) is 0 Å². The average Bonchev–Trinajstić information content (AvgIpc) is 3.28. The highest BCUT2D eigenvalue weighted by molar-refractivity contribution is 7.22. The van der Waals surface area contributed by atoms with Crippen molar-refractivity contribution in [2.45, 2.75) is 12.3 Å². The Hall–Kier alpha value is -2.44. The van der Waals surface area contributed by atoms with Crippen LogP contribution in [0.1, 0.15) is 17.9 Å². The van der Waals surface area contributed by atoms with E-state index < -0.39 is 0 Å². The van der Waals surface area contributed by atoms with Crippen LogP contribution in [0.4, 0.5) is 5.13 Å². The van der Waals surface area contributed by atoms with Gasteiger partial charge in [0.25, 0.3) is 0 Å². The van der Waals surface area contributed by atoms with Crippen molar-refractivity contribution in [3.05, 3.63) is 59.1 Å². The molecule has 0 radical (unpaired) electrons. The average molecular weight is 371 g/mol. The molecule has 3 aromatic rings. The van der Waals surface area contributed by atoms with E-state index >= 15 is 0 Å². The molecule has 7 heteroatoms. The largest absolute Gasteiger partial charge is 0.369 e. The molecule has 25 heavy (non-hydrogen) atoms. The van der Waals surface area contributed by atoms with Crippen LogP contribution in [0.3, 0.4) is 0 Å². The molecule has 1 amide bonds. The van der Waals surface area contributed by atoms with Gasteiger partial charge in [-0.25, -0.2) is 4.98 Å². The fourth-order valence-corrected chi connectivity index (χ4v) is 3.80. The fraction of sp³-hybridized carbons (Fsp3) is 0.167. The van der Waals surface area contributed by atoms with Gasteiger partial charge in [-0.2, -0.15) is 4.99 Å². The maximum atomic E-state index is 12.3. The number of nitrogens with two attached hydrogens (primary N) is 1. The number of nitrogens with one attached hydrogen (secondary N) is 1. The van der Waals surface area contributed by atoms with Crippen molar-refractivity contribution in [3.63, 3.8) is 0 Å². The summed E-state index contributed by atoms with van der Waals surface area (Å²) in [5.74, 6) is 0.103. The van der Waals surface area contributed by atoms with Crippen molar-refractivity contribution in [1.29, 1.82) is 0 Å². The second-order valence-electron chi connectivity index (χ2n) is 5.95. The summed E-state index contributed by atoms with van der Waals surface area (Å²) in [6, 6.07) is 15.4. The zero-order valence-corrected chi connectivity index (χ0v) is 14.7. The van der Waals surface area contributed by atoms with Crippen LogP contribution in [0.15, 0.2) is 53.5 Å². The van der Waals surface area contributed by atoms with E-state index in [2.05, 4.69) is 15.3 Å². The lowest BCUT2D eigenvalue weighted by atomic mass is 10.1. The highest BCUT2D eigenvalue weighted by Crippen LogP contribution is 2.47. The summed E-state index contributed by atoms with van der Waals surface area (Å²) in [5, 5.41) is 3.90. The first kappa shape index (κ1) is 16.1. The lowest BCUT2D eigenvalue weighted by molar-refractivity contribution is -0.121. The van der Waals surface area contributed by atoms with E-state index in [1.807, 2.05) is 48.5 Å². The van der Waals surface area contributed by atoms with Gasteiger partial charge in [0.05, 0.1) is 10.2 Å². The van der Waals surface area contributed by atoms with E-state index in [0.717, 1.165) is 22.2 Å². The van der Waals surface area contributed by atoms with Crippen LogP contribution < -0.4 is 11.1 Å². The van der Waals surface area contributed by atoms with E-state index in [1.54, 1.807) is 0 Å². The lowest BCUT2D eigenvalue weighted by Crippen LogP contribution is -2.37. The third-order valence-corrected chi connectivity index (χ3v) is 5.36. The van der Waals surface area contributed by atoms with E-state index in [0.29, 0.717) is 10.2 Å². The molecule has 1 aliphatic carbocycles. The summed E-state index contributed by atoms with van der Waals surface area (Å²) in [7, 11) is 0. The maximum Gasteiger partial charge on any atom is 0.230 e. The molecule has 5 nitrogen and oxygen atoms in total. The molecule has 0 spiro atoms. The van der Waals surface area contributed by atoms with Crippen molar-refractivity contribution in [2.24, 2.45) is 16.6 Å². The van der Waals surface area contributed by atoms with Crippen LogP contribution in [0, 0.1) is 5.92 Å². The van der Waals surface area contributed by atoms with Gasteiger partial charge in [-0.1, -0.05) is 47.2 Å². The Bertz CT molecular complexity index is 934. The smallest absolute Gasteiger partial charge is 0.230 e. The monoisotopic (exact) mass is 370 g/mol. The highest BCUT2D eigenvalue weighted by Gasteiger charge is 2.44. The van der Waals surface area contributed by atoms with Crippen molar-refractivity contribution >= 4 is 50.2 Å². The van der Waals surface area contributed by atoms with Gasteiger partial charge in [0, 0.05) is 10.9 Å². The van der Waals surface area contributed by atoms with Gasteiger partial charge in [0.1, 0.15) is 0 Å². The number of thiazole rings is 1. The highest BCUT2D eigenvalue weighted by atomic mass is 35.5. The number of benzene rings is 2. The van der Waals surface area contributed by atoms with Gasteiger partial charge in [0.15, 0.2) is 0 Å². The van der Waals surface area contributed by atoms with E-state index in [-0.39, 0.29) is 23.7 Å². The SMILES string of the molecule is NC(=Nc1nc2ccccc2s1)NC(=O)[C@H]1CC1c1ccc(Cl)cc1. The summed E-state index contributed by atoms with van der Waals surface area (Å²) in [5.41, 5.74) is 7.85. The predicted octanol–water partition coefficient (Wildman–Crippen LogP) is 3.82. The van der Waals surface area contributed by atoms with Gasteiger partial charge < -0.3 is 5.73 Å². The topological polar surface area (TPSA) is 80.4 Å². The minimum atomic E-state index is -0.109. The van der Waals surface area contributed by atoms with Crippen molar-refractivity contribution in [3.8, 4) is 0 Å². The molecular weight excluding hydrogens is 356 g/mol. The van der Waals surface area contributed by atoms with E-state index in [1.165, 1.54) is 11.3 Å². The molecule has 0 saturated heterocycles. The van der Waals surface area contributed by atoms with Crippen LogP contribution >= 0.6 is 22.9 Å². The normalized spacial score (nSPS) is 19.8. The number of rotatable bonds is 3. The quantitative estimate of drug-likeness (QED) is 0.543. The molecule has 1 heterocycles. The molecular formula is C18H15ClN4OS. The Morgan fingerprint density at radius 1 is 1.24 bits per heavy atom. The summed E-state index contributed by atoms with van der Waals surface area (Å²) in [6.45, 7) is 0. The number of amides is 1. The zero-order valence-electron chi connectivity index (χ0n) is 13.1. The number of hydrogen-bond donors (Lipinski definition) is 2. The molecule has 1 fully saturated rings. The number of hydrogen-bond acceptors (Lipinski definition) is 4. The number of fused-ring (bicyclic) bond motifs is 1. The second-order valence-corrected chi connectivity index (χ2v) is 7.40. The minimum Gasteiger partial charge on any atom is -0.369 e. The van der Waals surface area contributed by atoms with Crippen LogP contribution in [0.25, 0.3) is 10.2 Å². The number of para-hydroxylation sites is 1. The Balaban J connectivity index is 1.41. The van der Waals surface area contributed by atoms with Gasteiger partial charge in [0.2, 0.25) is 17.0 Å². The lowest BCUT2D eigenvalue weighted by Gasteiger charge is -2.03. The summed E-state index contributed by atoms with van der Waals surface area (Å²) in [6.07, 6.45) is 0.807. The fourth-order valence-electron chi connectivity index (χ4n) is 2.82. The molecule has 2 atom stereocenters. The van der Waals surface area contributed by atoms with E-state index in [9.17, 15) is 4.79 Å². The van der Waals surface area contributed by atoms with Crippen LogP contribution in [0.2, 0.25) is 5.02 Å². The Labute approximate surface area is 153 Å². The second kappa shape index (κ2) is 6.46. The third-order valence-electron chi connectivity index (χ3n) is 4.18. The minimum absolute atomic E-state index is 0.0748. The predicted molar refractivity (Wildman–Crippen MR) is 101 cm³/mol. The van der Waals surface area contributed by atoms with Gasteiger partial charge in [-0.3, -0.25) is 10.1 Å². The van der Waals surface area contributed by atoms with Crippen LogP contribution in [-0.2, 0) is 4.79 Å². The first-order valence-corrected chi connectivity index (χ1v) is 9.05. The molecule has 1 saturated carbocycles. The maximum absolute atomic E-state index is 12.3. The molecule has 4 rings (SSSR count). The third kappa shape index (κ3) is 3.50. The molecule has 1 aromatic heterocycles. The summed E-state index contributed by atoms with van der Waals surface area (Å²) < 4.78 is 1.03. The standard InChI is InChI=1S/C18H15ClN4OS/c19-11-7-5-10(6-8-11)12-9-13(12)16(24)22-17(20)23-18-21-14-3-1-2-4-15(14)25-18/h1-8,12-13H,9H2,(H3,20,21,22,23,24)/t12?,13-/m0/s1. The number of carbonyl (C=O) groups is 1. The molecule has 126 valence electrons. The Morgan fingerprint density at radius 3 is 2.76 bits per heavy atom. The number of aliphatic imine (C=N–C) groups is 1. The number of halogens is 1.